The van der Waals surface area contributed by atoms with Crippen LogP contribution in [0, 0.1) is 0 Å². The molecule has 120 valence electrons. The standard InChI is InChI=1S/C13H21ClN2O5/c1-13(2,3)21-12(19)16-6-5-15(10(17)7-14)8-9(16)11(18)20-4/h9H,5-8H2,1-4H3/t9-/m1/s1. The van der Waals surface area contributed by atoms with E-state index in [0.29, 0.717) is 6.54 Å². The molecular formula is C13H21ClN2O5. The van der Waals surface area contributed by atoms with Gasteiger partial charge in [-0.05, 0) is 20.8 Å². The van der Waals surface area contributed by atoms with Gasteiger partial charge in [-0.3, -0.25) is 9.69 Å². The number of hydrogen-bond donors (Lipinski definition) is 0. The lowest BCUT2D eigenvalue weighted by molar-refractivity contribution is -0.151. The number of amides is 2. The van der Waals surface area contributed by atoms with Gasteiger partial charge in [-0.25, -0.2) is 9.59 Å². The van der Waals surface area contributed by atoms with Gasteiger partial charge in [-0.15, -0.1) is 11.6 Å². The molecule has 1 aliphatic heterocycles. The molecule has 7 nitrogen and oxygen atoms in total. The predicted molar refractivity (Wildman–Crippen MR) is 76.0 cm³/mol. The smallest absolute Gasteiger partial charge is 0.411 e. The van der Waals surface area contributed by atoms with E-state index in [1.165, 1.54) is 16.9 Å². The van der Waals surface area contributed by atoms with Crippen LogP contribution in [0.4, 0.5) is 4.79 Å². The molecule has 1 saturated heterocycles. The number of ether oxygens (including phenoxy) is 2. The molecule has 0 unspecified atom stereocenters. The molecule has 0 bridgehead atoms. The summed E-state index contributed by atoms with van der Waals surface area (Å²) < 4.78 is 9.98. The van der Waals surface area contributed by atoms with E-state index in [-0.39, 0.29) is 24.9 Å². The molecule has 0 spiro atoms. The Balaban J connectivity index is 2.86. The first-order valence-electron chi connectivity index (χ1n) is 6.60. The van der Waals surface area contributed by atoms with Crippen molar-refractivity contribution in [3.8, 4) is 0 Å². The zero-order valence-corrected chi connectivity index (χ0v) is 13.5. The molecule has 0 N–H and O–H groups in total. The van der Waals surface area contributed by atoms with Gasteiger partial charge >= 0.3 is 12.1 Å². The molecule has 0 aliphatic carbocycles. The summed E-state index contributed by atoms with van der Waals surface area (Å²) in [6.45, 7) is 5.77. The molecule has 1 fully saturated rings. The van der Waals surface area contributed by atoms with Crippen molar-refractivity contribution in [2.45, 2.75) is 32.4 Å². The number of hydrogen-bond acceptors (Lipinski definition) is 5. The second-order valence-corrected chi connectivity index (χ2v) is 5.95. The van der Waals surface area contributed by atoms with Crippen LogP contribution in [-0.2, 0) is 19.1 Å². The molecule has 0 aromatic rings. The molecule has 21 heavy (non-hydrogen) atoms. The minimum Gasteiger partial charge on any atom is -0.467 e. The maximum absolute atomic E-state index is 12.2. The average Bonchev–Trinajstić information content (AvgIpc) is 2.43. The Bertz CT molecular complexity index is 421. The van der Waals surface area contributed by atoms with E-state index in [4.69, 9.17) is 21.1 Å². The van der Waals surface area contributed by atoms with Gasteiger partial charge in [0.1, 0.15) is 11.5 Å². The third-order valence-corrected chi connectivity index (χ3v) is 3.18. The lowest BCUT2D eigenvalue weighted by Gasteiger charge is -2.39. The summed E-state index contributed by atoms with van der Waals surface area (Å²) in [6.07, 6.45) is -0.601. The van der Waals surface area contributed by atoms with Crippen LogP contribution in [0.3, 0.4) is 0 Å². The Labute approximate surface area is 129 Å². The third-order valence-electron chi connectivity index (χ3n) is 2.95. The number of halogens is 1. The minimum atomic E-state index is -0.884. The normalized spacial score (nSPS) is 19.2. The average molecular weight is 321 g/mol. The molecule has 0 saturated carbocycles. The second kappa shape index (κ2) is 6.98. The van der Waals surface area contributed by atoms with Crippen LogP contribution >= 0.6 is 11.6 Å². The molecule has 0 radical (unpaired) electrons. The van der Waals surface area contributed by atoms with Gasteiger partial charge in [0.2, 0.25) is 5.91 Å². The number of methoxy groups -OCH3 is 1. The molecule has 0 aromatic heterocycles. The number of esters is 1. The summed E-state index contributed by atoms with van der Waals surface area (Å²) in [6, 6.07) is -0.884. The summed E-state index contributed by atoms with van der Waals surface area (Å²) in [5.74, 6) is -1.04. The Morgan fingerprint density at radius 3 is 2.33 bits per heavy atom. The van der Waals surface area contributed by atoms with Gasteiger partial charge in [0.25, 0.3) is 0 Å². The van der Waals surface area contributed by atoms with Crippen LogP contribution in [0.15, 0.2) is 0 Å². The molecule has 1 rings (SSSR count). The van der Waals surface area contributed by atoms with Gasteiger partial charge in [0.05, 0.1) is 13.7 Å². The summed E-state index contributed by atoms with van der Waals surface area (Å²) >= 11 is 5.52. The van der Waals surface area contributed by atoms with E-state index in [0.717, 1.165) is 0 Å². The maximum atomic E-state index is 12.2. The number of piperazine rings is 1. The Kier molecular flexibility index (Phi) is 5.83. The summed E-state index contributed by atoms with van der Waals surface area (Å²) in [7, 11) is 1.23. The van der Waals surface area contributed by atoms with Crippen molar-refractivity contribution in [3.05, 3.63) is 0 Å². The van der Waals surface area contributed by atoms with Crippen molar-refractivity contribution in [1.82, 2.24) is 9.80 Å². The van der Waals surface area contributed by atoms with Gasteiger partial charge in [0.15, 0.2) is 6.04 Å². The van der Waals surface area contributed by atoms with Crippen LogP contribution < -0.4 is 0 Å². The van der Waals surface area contributed by atoms with E-state index in [1.807, 2.05) is 0 Å². The van der Waals surface area contributed by atoms with E-state index in [9.17, 15) is 14.4 Å². The fourth-order valence-corrected chi connectivity index (χ4v) is 2.14. The molecule has 1 atom stereocenters. The topological polar surface area (TPSA) is 76.2 Å². The second-order valence-electron chi connectivity index (χ2n) is 5.69. The Hall–Kier alpha value is -1.50. The van der Waals surface area contributed by atoms with Crippen molar-refractivity contribution in [2.75, 3.05) is 32.6 Å². The van der Waals surface area contributed by atoms with Crippen LogP contribution in [0.2, 0.25) is 0 Å². The number of alkyl halides is 1. The fourth-order valence-electron chi connectivity index (χ4n) is 1.97. The molecule has 1 heterocycles. The van der Waals surface area contributed by atoms with Crippen molar-refractivity contribution in [2.24, 2.45) is 0 Å². The molecule has 8 heteroatoms. The van der Waals surface area contributed by atoms with Crippen LogP contribution in [-0.4, -0.2) is 72.0 Å². The zero-order valence-electron chi connectivity index (χ0n) is 12.7. The van der Waals surface area contributed by atoms with E-state index in [1.54, 1.807) is 20.8 Å². The monoisotopic (exact) mass is 320 g/mol. The first kappa shape index (κ1) is 17.6. The number of carbonyl (C=O) groups is 3. The van der Waals surface area contributed by atoms with E-state index < -0.39 is 23.7 Å². The zero-order chi connectivity index (χ0) is 16.2. The maximum Gasteiger partial charge on any atom is 0.411 e. The van der Waals surface area contributed by atoms with Gasteiger partial charge in [0, 0.05) is 13.1 Å². The predicted octanol–water partition coefficient (Wildman–Crippen LogP) is 0.846. The lowest BCUT2D eigenvalue weighted by atomic mass is 10.1. The third kappa shape index (κ3) is 4.77. The largest absolute Gasteiger partial charge is 0.467 e. The van der Waals surface area contributed by atoms with Crippen LogP contribution in [0.25, 0.3) is 0 Å². The SMILES string of the molecule is COC(=O)[C@H]1CN(C(=O)CCl)CCN1C(=O)OC(C)(C)C. The first-order valence-corrected chi connectivity index (χ1v) is 7.14. The van der Waals surface area contributed by atoms with Gasteiger partial charge in [-0.1, -0.05) is 0 Å². The molecule has 2 amide bonds. The highest BCUT2D eigenvalue weighted by molar-refractivity contribution is 6.27. The van der Waals surface area contributed by atoms with Crippen molar-refractivity contribution in [3.63, 3.8) is 0 Å². The first-order chi connectivity index (χ1) is 9.69. The van der Waals surface area contributed by atoms with E-state index in [2.05, 4.69) is 0 Å². The molecule has 1 aliphatic rings. The minimum absolute atomic E-state index is 0.0530. The fraction of sp³-hybridized carbons (Fsp3) is 0.769. The van der Waals surface area contributed by atoms with Gasteiger partial charge < -0.3 is 14.4 Å². The summed E-state index contributed by atoms with van der Waals surface area (Å²) in [5.41, 5.74) is -0.666. The van der Waals surface area contributed by atoms with Crippen LogP contribution in [0.5, 0.6) is 0 Å². The number of nitrogens with zero attached hydrogens (tertiary/aromatic N) is 2. The Morgan fingerprint density at radius 2 is 1.86 bits per heavy atom. The summed E-state index contributed by atoms with van der Waals surface area (Å²) in [4.78, 5) is 38.4. The molecule has 0 aromatic carbocycles. The highest BCUT2D eigenvalue weighted by Gasteiger charge is 2.39. The van der Waals surface area contributed by atoms with E-state index >= 15 is 0 Å². The highest BCUT2D eigenvalue weighted by Crippen LogP contribution is 2.17. The van der Waals surface area contributed by atoms with Crippen molar-refractivity contribution < 1.29 is 23.9 Å². The number of rotatable bonds is 2. The Morgan fingerprint density at radius 1 is 1.24 bits per heavy atom. The molecular weight excluding hydrogens is 300 g/mol. The van der Waals surface area contributed by atoms with Crippen LogP contribution in [0.1, 0.15) is 20.8 Å². The number of carbonyl (C=O) groups excluding carboxylic acids is 3. The highest BCUT2D eigenvalue weighted by atomic mass is 35.5. The van der Waals surface area contributed by atoms with Gasteiger partial charge in [-0.2, -0.15) is 0 Å². The van der Waals surface area contributed by atoms with Crippen molar-refractivity contribution in [1.29, 1.82) is 0 Å². The quantitative estimate of drug-likeness (QED) is 0.557. The lowest BCUT2D eigenvalue weighted by Crippen LogP contribution is -2.60. The summed E-state index contributed by atoms with van der Waals surface area (Å²) in [5, 5.41) is 0. The van der Waals surface area contributed by atoms with Crippen molar-refractivity contribution >= 4 is 29.6 Å².